The summed E-state index contributed by atoms with van der Waals surface area (Å²) in [4.78, 5) is 16.0. The van der Waals surface area contributed by atoms with Gasteiger partial charge in [0.05, 0.1) is 13.2 Å². The molecule has 0 saturated heterocycles. The van der Waals surface area contributed by atoms with Crippen molar-refractivity contribution in [3.05, 3.63) is 48.1 Å². The summed E-state index contributed by atoms with van der Waals surface area (Å²) in [5.41, 5.74) is 1.91. The Balaban J connectivity index is 2.57. The summed E-state index contributed by atoms with van der Waals surface area (Å²) in [6.45, 7) is 2.08. The molecule has 0 radical (unpaired) electrons. The fourth-order valence-electron chi connectivity index (χ4n) is 2.85. The number of carbonyl (C=O) groups excluding carboxylic acids is 1. The fourth-order valence-corrected chi connectivity index (χ4v) is 2.85. The molecule has 1 aliphatic rings. The monoisotopic (exact) mass is 375 g/mol. The van der Waals surface area contributed by atoms with E-state index in [1.807, 2.05) is 12.2 Å². The second kappa shape index (κ2) is 14.0. The lowest BCUT2D eigenvalue weighted by molar-refractivity contribution is -0.140. The van der Waals surface area contributed by atoms with Crippen LogP contribution in [0.2, 0.25) is 0 Å². The minimum atomic E-state index is -0.390. The SMILES string of the molecule is CC/C=C\C[C@H](O)C/C=C1/C(=N\OC)C=C[C@@H]1C/C=C\CCCC(=O)OC. The van der Waals surface area contributed by atoms with Gasteiger partial charge in [-0.25, -0.2) is 0 Å². The highest BCUT2D eigenvalue weighted by atomic mass is 16.6. The van der Waals surface area contributed by atoms with Gasteiger partial charge in [0.2, 0.25) is 0 Å². The van der Waals surface area contributed by atoms with Gasteiger partial charge in [-0.15, -0.1) is 0 Å². The van der Waals surface area contributed by atoms with Crippen molar-refractivity contribution in [2.45, 2.75) is 58.0 Å². The molecule has 27 heavy (non-hydrogen) atoms. The van der Waals surface area contributed by atoms with Gasteiger partial charge in [-0.2, -0.15) is 0 Å². The van der Waals surface area contributed by atoms with Crippen molar-refractivity contribution in [2.75, 3.05) is 14.2 Å². The Bertz CT molecular complexity index is 587. The number of methoxy groups -OCH3 is 1. The Hall–Kier alpha value is -2.14. The first-order valence-electron chi connectivity index (χ1n) is 9.67. The van der Waals surface area contributed by atoms with Gasteiger partial charge in [-0.05, 0) is 50.2 Å². The van der Waals surface area contributed by atoms with E-state index in [2.05, 4.69) is 47.2 Å². The number of carbonyl (C=O) groups is 1. The Morgan fingerprint density at radius 1 is 1.26 bits per heavy atom. The van der Waals surface area contributed by atoms with Gasteiger partial charge in [0.1, 0.15) is 12.8 Å². The molecule has 2 atom stereocenters. The zero-order chi connectivity index (χ0) is 19.9. The van der Waals surface area contributed by atoms with Crippen molar-refractivity contribution in [1.29, 1.82) is 0 Å². The Morgan fingerprint density at radius 3 is 2.78 bits per heavy atom. The average molecular weight is 376 g/mol. The number of rotatable bonds is 12. The van der Waals surface area contributed by atoms with Crippen LogP contribution < -0.4 is 0 Å². The lowest BCUT2D eigenvalue weighted by Gasteiger charge is -2.11. The first-order chi connectivity index (χ1) is 13.1. The van der Waals surface area contributed by atoms with Crippen molar-refractivity contribution < 1.29 is 19.5 Å². The third-order valence-electron chi connectivity index (χ3n) is 4.33. The third kappa shape index (κ3) is 9.38. The minimum absolute atomic E-state index is 0.167. The standard InChI is InChI=1S/C22H33NO4/c1-4-5-8-12-19(24)15-16-20-18(14-17-21(20)23-27-3)11-9-6-7-10-13-22(25)26-2/h5-6,8-9,14,16-19,24H,4,7,10-13,15H2,1-3H3/b8-5-,9-6-,20-16+,23-21-/t18-,19-/m0/s1. The van der Waals surface area contributed by atoms with Gasteiger partial charge >= 0.3 is 5.97 Å². The van der Waals surface area contributed by atoms with E-state index in [1.54, 1.807) is 0 Å². The molecule has 0 aromatic carbocycles. The lowest BCUT2D eigenvalue weighted by Crippen LogP contribution is -2.07. The van der Waals surface area contributed by atoms with Gasteiger partial charge in [-0.3, -0.25) is 4.79 Å². The highest BCUT2D eigenvalue weighted by Gasteiger charge is 2.21. The average Bonchev–Trinajstić information content (AvgIpc) is 3.04. The number of hydrogen-bond acceptors (Lipinski definition) is 5. The van der Waals surface area contributed by atoms with Crippen molar-refractivity contribution in [2.24, 2.45) is 11.1 Å². The molecular formula is C22H33NO4. The molecule has 0 spiro atoms. The number of unbranched alkanes of at least 4 members (excludes halogenated alkanes) is 1. The van der Waals surface area contributed by atoms with Crippen LogP contribution in [0, 0.1) is 5.92 Å². The minimum Gasteiger partial charge on any atom is -0.469 e. The van der Waals surface area contributed by atoms with Crippen LogP contribution in [0.15, 0.2) is 53.3 Å². The van der Waals surface area contributed by atoms with E-state index in [1.165, 1.54) is 14.2 Å². The molecule has 150 valence electrons. The van der Waals surface area contributed by atoms with E-state index in [4.69, 9.17) is 4.84 Å². The number of oxime groups is 1. The van der Waals surface area contributed by atoms with E-state index in [0.29, 0.717) is 19.3 Å². The van der Waals surface area contributed by atoms with Crippen molar-refractivity contribution >= 4 is 11.7 Å². The van der Waals surface area contributed by atoms with Crippen molar-refractivity contribution in [1.82, 2.24) is 0 Å². The zero-order valence-corrected chi connectivity index (χ0v) is 16.8. The molecule has 0 aromatic rings. The highest BCUT2D eigenvalue weighted by molar-refractivity contribution is 6.11. The van der Waals surface area contributed by atoms with E-state index in [-0.39, 0.29) is 18.0 Å². The normalized spacial score (nSPS) is 21.0. The van der Waals surface area contributed by atoms with Crippen LogP contribution in [-0.2, 0) is 14.4 Å². The van der Waals surface area contributed by atoms with Crippen LogP contribution in [0.25, 0.3) is 0 Å². The Kier molecular flexibility index (Phi) is 11.9. The van der Waals surface area contributed by atoms with Crippen LogP contribution in [0.4, 0.5) is 0 Å². The van der Waals surface area contributed by atoms with E-state index in [9.17, 15) is 9.90 Å². The molecular weight excluding hydrogens is 342 g/mol. The molecule has 0 bridgehead atoms. The molecule has 0 unspecified atom stereocenters. The molecule has 0 saturated carbocycles. The quantitative estimate of drug-likeness (QED) is 0.236. The van der Waals surface area contributed by atoms with Gasteiger partial charge in [0.15, 0.2) is 0 Å². The maximum Gasteiger partial charge on any atom is 0.305 e. The van der Waals surface area contributed by atoms with Crippen LogP contribution in [0.1, 0.15) is 51.9 Å². The zero-order valence-electron chi connectivity index (χ0n) is 16.8. The molecule has 5 heteroatoms. The largest absolute Gasteiger partial charge is 0.469 e. The van der Waals surface area contributed by atoms with Crippen LogP contribution in [0.5, 0.6) is 0 Å². The third-order valence-corrected chi connectivity index (χ3v) is 4.33. The van der Waals surface area contributed by atoms with E-state index in [0.717, 1.165) is 37.0 Å². The number of allylic oxidation sites excluding steroid dienone is 6. The summed E-state index contributed by atoms with van der Waals surface area (Å²) in [5.74, 6) is 0.0641. The summed E-state index contributed by atoms with van der Waals surface area (Å²) in [6, 6.07) is 0. The van der Waals surface area contributed by atoms with Crippen molar-refractivity contribution in [3.8, 4) is 0 Å². The van der Waals surface area contributed by atoms with E-state index < -0.39 is 0 Å². The molecule has 1 rings (SSSR count). The van der Waals surface area contributed by atoms with Gasteiger partial charge < -0.3 is 14.7 Å². The first kappa shape index (κ1) is 22.9. The molecule has 5 nitrogen and oxygen atoms in total. The molecule has 0 aromatic heterocycles. The van der Waals surface area contributed by atoms with Crippen LogP contribution in [-0.4, -0.2) is 37.1 Å². The maximum atomic E-state index is 11.1. The second-order valence-corrected chi connectivity index (χ2v) is 6.46. The predicted molar refractivity (Wildman–Crippen MR) is 109 cm³/mol. The lowest BCUT2D eigenvalue weighted by atomic mass is 9.95. The molecule has 1 aliphatic carbocycles. The second-order valence-electron chi connectivity index (χ2n) is 6.46. The summed E-state index contributed by atoms with van der Waals surface area (Å²) < 4.78 is 4.63. The van der Waals surface area contributed by atoms with Crippen LogP contribution in [0.3, 0.4) is 0 Å². The fraction of sp³-hybridized carbons (Fsp3) is 0.545. The number of hydrogen-bond donors (Lipinski definition) is 1. The van der Waals surface area contributed by atoms with Gasteiger partial charge in [0, 0.05) is 12.3 Å². The smallest absolute Gasteiger partial charge is 0.305 e. The van der Waals surface area contributed by atoms with Gasteiger partial charge in [-0.1, -0.05) is 48.5 Å². The topological polar surface area (TPSA) is 68.1 Å². The number of aliphatic hydroxyl groups is 1. The predicted octanol–water partition coefficient (Wildman–Crippen LogP) is 4.50. The Morgan fingerprint density at radius 2 is 2.07 bits per heavy atom. The Labute approximate surface area is 163 Å². The van der Waals surface area contributed by atoms with Crippen LogP contribution >= 0.6 is 0 Å². The van der Waals surface area contributed by atoms with E-state index >= 15 is 0 Å². The molecule has 0 heterocycles. The highest BCUT2D eigenvalue weighted by Crippen LogP contribution is 2.27. The maximum absolute atomic E-state index is 11.1. The molecule has 1 N–H and O–H groups in total. The summed E-state index contributed by atoms with van der Waals surface area (Å²) >= 11 is 0. The number of nitrogens with zero attached hydrogens (tertiary/aromatic N) is 1. The number of ether oxygens (including phenoxy) is 1. The number of aliphatic hydroxyl groups excluding tert-OH is 1. The summed E-state index contributed by atoms with van der Waals surface area (Å²) in [6.07, 6.45) is 19.3. The first-order valence-corrected chi connectivity index (χ1v) is 9.67. The summed E-state index contributed by atoms with van der Waals surface area (Å²) in [5, 5.41) is 14.2. The molecule has 0 amide bonds. The summed E-state index contributed by atoms with van der Waals surface area (Å²) in [7, 11) is 2.95. The number of esters is 1. The van der Waals surface area contributed by atoms with Gasteiger partial charge in [0.25, 0.3) is 0 Å². The van der Waals surface area contributed by atoms with Crippen molar-refractivity contribution in [3.63, 3.8) is 0 Å². The molecule has 0 fully saturated rings. The molecule has 0 aliphatic heterocycles.